The van der Waals surface area contributed by atoms with Crippen molar-refractivity contribution in [3.05, 3.63) is 42.5 Å². The average molecular weight is 442 g/mol. The van der Waals surface area contributed by atoms with Crippen LogP contribution in [0.1, 0.15) is 18.2 Å². The fraction of sp³-hybridized carbons (Fsp3) is 0.429. The molecule has 1 aliphatic heterocycles. The van der Waals surface area contributed by atoms with Crippen LogP contribution < -0.4 is 15.8 Å². The number of rotatable bonds is 8. The maximum absolute atomic E-state index is 12.4. The summed E-state index contributed by atoms with van der Waals surface area (Å²) in [6.45, 7) is -0.141. The van der Waals surface area contributed by atoms with Gasteiger partial charge in [0.2, 0.25) is 5.91 Å². The Balaban J connectivity index is 1.37. The summed E-state index contributed by atoms with van der Waals surface area (Å²) >= 11 is 0. The molecule has 1 fully saturated rings. The zero-order valence-electron chi connectivity index (χ0n) is 17.6. The quantitative estimate of drug-likeness (QED) is 0.378. The van der Waals surface area contributed by atoms with Crippen molar-refractivity contribution in [3.8, 4) is 5.75 Å². The number of hydrogen-bond acceptors (Lipinski definition) is 9. The minimum absolute atomic E-state index is 0.151. The number of aliphatic hydroxyl groups excluding tert-OH is 2. The number of aromatic nitrogens is 4. The molecular weight excluding hydrogens is 416 g/mol. The van der Waals surface area contributed by atoms with Crippen LogP contribution in [-0.4, -0.2) is 68.1 Å². The number of methoxy groups -OCH3 is 1. The van der Waals surface area contributed by atoms with Gasteiger partial charge in [-0.25, -0.2) is 15.0 Å². The number of ether oxygens (including phenoxy) is 2. The van der Waals surface area contributed by atoms with Crippen LogP contribution in [-0.2, 0) is 16.0 Å². The summed E-state index contributed by atoms with van der Waals surface area (Å²) in [6.07, 6.45) is 1.16. The number of nitrogens with zero attached hydrogens (tertiary/aromatic N) is 4. The second-order valence-corrected chi connectivity index (χ2v) is 7.64. The molecule has 1 aromatic carbocycles. The Morgan fingerprint density at radius 1 is 1.28 bits per heavy atom. The van der Waals surface area contributed by atoms with E-state index in [1.54, 1.807) is 11.7 Å². The third-order valence-corrected chi connectivity index (χ3v) is 5.70. The van der Waals surface area contributed by atoms with E-state index in [4.69, 9.17) is 15.2 Å². The molecule has 5 N–H and O–H groups in total. The second-order valence-electron chi connectivity index (χ2n) is 7.64. The Morgan fingerprint density at radius 3 is 2.78 bits per heavy atom. The van der Waals surface area contributed by atoms with Crippen molar-refractivity contribution >= 4 is 22.9 Å². The van der Waals surface area contributed by atoms with Crippen LogP contribution >= 0.6 is 0 Å². The monoisotopic (exact) mass is 442 g/mol. The zero-order valence-corrected chi connectivity index (χ0v) is 17.6. The van der Waals surface area contributed by atoms with Gasteiger partial charge in [-0.05, 0) is 24.1 Å². The maximum atomic E-state index is 12.4. The van der Waals surface area contributed by atoms with Crippen molar-refractivity contribution in [2.45, 2.75) is 31.3 Å². The number of fused-ring (bicyclic) bond motifs is 1. The van der Waals surface area contributed by atoms with E-state index in [2.05, 4.69) is 20.3 Å². The van der Waals surface area contributed by atoms with Gasteiger partial charge >= 0.3 is 0 Å². The van der Waals surface area contributed by atoms with E-state index in [-0.39, 0.29) is 24.9 Å². The third-order valence-electron chi connectivity index (χ3n) is 5.70. The summed E-state index contributed by atoms with van der Waals surface area (Å²) in [6, 6.07) is 7.53. The lowest BCUT2D eigenvalue weighted by atomic mass is 9.98. The fourth-order valence-electron chi connectivity index (χ4n) is 3.88. The van der Waals surface area contributed by atoms with Crippen LogP contribution in [0.3, 0.4) is 0 Å². The van der Waals surface area contributed by atoms with E-state index in [1.165, 1.54) is 12.7 Å². The lowest BCUT2D eigenvalue weighted by molar-refractivity contribution is -0.121. The van der Waals surface area contributed by atoms with Gasteiger partial charge in [-0.2, -0.15) is 0 Å². The number of aliphatic hydroxyl groups is 2. The van der Waals surface area contributed by atoms with Crippen LogP contribution in [0.4, 0.5) is 5.82 Å². The molecule has 0 radical (unpaired) electrons. The van der Waals surface area contributed by atoms with Crippen LogP contribution in [0.2, 0.25) is 0 Å². The Hall–Kier alpha value is -3.28. The Labute approximate surface area is 184 Å². The molecule has 170 valence electrons. The van der Waals surface area contributed by atoms with Crippen molar-refractivity contribution in [1.82, 2.24) is 24.8 Å². The molecule has 0 spiro atoms. The molecule has 1 amide bonds. The molecule has 3 aromatic rings. The summed E-state index contributed by atoms with van der Waals surface area (Å²) in [5.74, 6) is 0.326. The largest absolute Gasteiger partial charge is 0.497 e. The molecule has 0 aliphatic carbocycles. The van der Waals surface area contributed by atoms with Gasteiger partial charge in [-0.15, -0.1) is 0 Å². The zero-order chi connectivity index (χ0) is 22.7. The smallest absolute Gasteiger partial charge is 0.220 e. The summed E-state index contributed by atoms with van der Waals surface area (Å²) in [5.41, 5.74) is 7.67. The van der Waals surface area contributed by atoms with Gasteiger partial charge in [0.25, 0.3) is 0 Å². The minimum atomic E-state index is -0.998. The van der Waals surface area contributed by atoms with E-state index in [1.807, 2.05) is 24.3 Å². The van der Waals surface area contributed by atoms with Crippen LogP contribution in [0.5, 0.6) is 5.75 Å². The topological polar surface area (TPSA) is 158 Å². The summed E-state index contributed by atoms with van der Waals surface area (Å²) in [5, 5.41) is 23.5. The van der Waals surface area contributed by atoms with E-state index < -0.39 is 24.4 Å². The molecule has 0 bridgehead atoms. The first-order chi connectivity index (χ1) is 15.5. The number of amides is 1. The number of hydrogen-bond donors (Lipinski definition) is 4. The van der Waals surface area contributed by atoms with E-state index in [9.17, 15) is 15.0 Å². The number of imidazole rings is 1. The van der Waals surface area contributed by atoms with Gasteiger partial charge in [0, 0.05) is 18.9 Å². The van der Waals surface area contributed by atoms with Crippen molar-refractivity contribution < 1.29 is 24.5 Å². The number of nitrogen functional groups attached to an aromatic ring is 1. The molecule has 1 saturated heterocycles. The fourth-order valence-corrected chi connectivity index (χ4v) is 3.88. The predicted molar refractivity (Wildman–Crippen MR) is 115 cm³/mol. The van der Waals surface area contributed by atoms with Gasteiger partial charge in [0.15, 0.2) is 17.7 Å². The van der Waals surface area contributed by atoms with E-state index in [0.717, 1.165) is 11.3 Å². The van der Waals surface area contributed by atoms with Crippen molar-refractivity contribution in [1.29, 1.82) is 0 Å². The van der Waals surface area contributed by atoms with Gasteiger partial charge in [-0.1, -0.05) is 12.1 Å². The first kappa shape index (κ1) is 21.9. The number of carbonyl (C=O) groups is 1. The molecule has 0 unspecified atom stereocenters. The van der Waals surface area contributed by atoms with Gasteiger partial charge in [-0.3, -0.25) is 9.36 Å². The third kappa shape index (κ3) is 4.35. The van der Waals surface area contributed by atoms with E-state index in [0.29, 0.717) is 24.0 Å². The molecule has 4 atom stereocenters. The molecule has 4 rings (SSSR count). The first-order valence-electron chi connectivity index (χ1n) is 10.3. The highest BCUT2D eigenvalue weighted by Crippen LogP contribution is 2.35. The minimum Gasteiger partial charge on any atom is -0.497 e. The molecule has 3 heterocycles. The van der Waals surface area contributed by atoms with Crippen molar-refractivity contribution in [2.75, 3.05) is 26.0 Å². The summed E-state index contributed by atoms with van der Waals surface area (Å²) in [7, 11) is 1.60. The molecule has 1 aliphatic rings. The highest BCUT2D eigenvalue weighted by molar-refractivity contribution is 5.81. The molecule has 2 aromatic heterocycles. The van der Waals surface area contributed by atoms with Crippen LogP contribution in [0.15, 0.2) is 36.9 Å². The average Bonchev–Trinajstić information content (AvgIpc) is 3.38. The normalized spacial score (nSPS) is 22.8. The Bertz CT molecular complexity index is 1070. The molecule has 11 heteroatoms. The van der Waals surface area contributed by atoms with Crippen LogP contribution in [0.25, 0.3) is 11.2 Å². The summed E-state index contributed by atoms with van der Waals surface area (Å²) in [4.78, 5) is 24.6. The molecule has 11 nitrogen and oxygen atoms in total. The van der Waals surface area contributed by atoms with Gasteiger partial charge in [0.05, 0.1) is 26.1 Å². The summed E-state index contributed by atoms with van der Waals surface area (Å²) < 4.78 is 12.6. The molecule has 0 saturated carbocycles. The van der Waals surface area contributed by atoms with Gasteiger partial charge in [0.1, 0.15) is 23.7 Å². The highest BCUT2D eigenvalue weighted by Gasteiger charge is 2.44. The Morgan fingerprint density at radius 2 is 2.06 bits per heavy atom. The molecular formula is C21H26N6O5. The predicted octanol–water partition coefficient (Wildman–Crippen LogP) is 0.0329. The number of carbonyl (C=O) groups excluding carboxylic acids is 1. The number of nitrogens with one attached hydrogen (secondary N) is 1. The van der Waals surface area contributed by atoms with E-state index >= 15 is 0 Å². The van der Waals surface area contributed by atoms with Crippen LogP contribution in [0, 0.1) is 5.92 Å². The standard InChI is InChI=1S/C21H26N6O5/c1-31-13-5-2-12(3-6-13)4-7-16(29)23-8-14-15(9-28)32-21(18(14)30)27-11-26-17-19(22)24-10-25-20(17)27/h2-3,5-6,10-11,14-15,18,21,28,30H,4,7-9H2,1H3,(H,23,29)(H2,22,24,25)/t14-,15-,18-,21-/m1/s1. The number of nitrogens with two attached hydrogens (primary N) is 1. The maximum Gasteiger partial charge on any atom is 0.220 e. The number of anilines is 1. The lowest BCUT2D eigenvalue weighted by Crippen LogP contribution is -2.39. The van der Waals surface area contributed by atoms with Crippen molar-refractivity contribution in [2.24, 2.45) is 5.92 Å². The lowest BCUT2D eigenvalue weighted by Gasteiger charge is -2.20. The molecule has 32 heavy (non-hydrogen) atoms. The number of aryl methyl sites for hydroxylation is 1. The Kier molecular flexibility index (Phi) is 6.49. The first-order valence-corrected chi connectivity index (χ1v) is 10.3. The van der Waals surface area contributed by atoms with Gasteiger partial charge < -0.3 is 30.7 Å². The number of benzene rings is 1. The SMILES string of the molecule is COc1ccc(CCC(=O)NC[C@H]2[C@@H](O)[C@H](n3cnc4c(N)ncnc43)O[C@@H]2CO)cc1. The van der Waals surface area contributed by atoms with Crippen molar-refractivity contribution in [3.63, 3.8) is 0 Å². The second kappa shape index (κ2) is 9.47. The highest BCUT2D eigenvalue weighted by atomic mass is 16.5.